The van der Waals surface area contributed by atoms with Crippen molar-refractivity contribution in [2.24, 2.45) is 11.8 Å². The third kappa shape index (κ3) is 1.43. The van der Waals surface area contributed by atoms with E-state index in [0.717, 1.165) is 24.9 Å². The van der Waals surface area contributed by atoms with Crippen LogP contribution >= 0.6 is 0 Å². The van der Waals surface area contributed by atoms with Gasteiger partial charge in [-0.15, -0.1) is 0 Å². The van der Waals surface area contributed by atoms with E-state index in [2.05, 4.69) is 37.6 Å². The lowest BCUT2D eigenvalue weighted by Gasteiger charge is -2.47. The molecule has 3 aliphatic rings. The Morgan fingerprint density at radius 2 is 2.33 bits per heavy atom. The highest BCUT2D eigenvalue weighted by Gasteiger charge is 2.51. The number of hydrogen-bond acceptors (Lipinski definition) is 1. The van der Waals surface area contributed by atoms with Gasteiger partial charge in [0.25, 0.3) is 0 Å². The number of rotatable bonds is 0. The van der Waals surface area contributed by atoms with Gasteiger partial charge in [-0.1, -0.05) is 18.2 Å². The van der Waals surface area contributed by atoms with E-state index in [0.29, 0.717) is 5.92 Å². The van der Waals surface area contributed by atoms with Crippen molar-refractivity contribution in [2.45, 2.75) is 44.1 Å². The van der Waals surface area contributed by atoms with E-state index >= 15 is 0 Å². The molecule has 4 rings (SSSR count). The van der Waals surface area contributed by atoms with Crippen molar-refractivity contribution in [3.05, 3.63) is 41.8 Å². The molecule has 0 amide bonds. The molecule has 0 bridgehead atoms. The molecule has 1 aliphatic heterocycles. The Bertz CT molecular complexity index is 466. The number of aryl methyl sites for hydroxylation is 1. The standard InChI is InChI=1S/C17H20O/c1-17-10-8-14-13-5-3-2-4-12(13)6-7-15(14)16(17)9-11-18-17/h3-5,8,14-16H,6-7,9-11H2,1H3/t14-,15-,16+,17+/m1/s1. The van der Waals surface area contributed by atoms with Gasteiger partial charge in [-0.2, -0.15) is 0 Å². The Labute approximate surface area is 110 Å². The summed E-state index contributed by atoms with van der Waals surface area (Å²) in [5, 5.41) is 0. The number of hydrogen-bond donors (Lipinski definition) is 0. The van der Waals surface area contributed by atoms with Crippen molar-refractivity contribution in [1.82, 2.24) is 0 Å². The van der Waals surface area contributed by atoms with Crippen molar-refractivity contribution in [2.75, 3.05) is 6.61 Å². The zero-order chi connectivity index (χ0) is 12.2. The Morgan fingerprint density at radius 1 is 1.39 bits per heavy atom. The SMILES string of the molecule is C[C@]12C[CH][C@@H]3c4cc[c]cc4CC[C@H]3[C@@H]1CCO2. The molecule has 0 aromatic heterocycles. The second kappa shape index (κ2) is 3.84. The molecule has 1 saturated carbocycles. The van der Waals surface area contributed by atoms with Gasteiger partial charge in [-0.25, -0.2) is 0 Å². The second-order valence-electron chi connectivity index (χ2n) is 6.35. The predicted molar refractivity (Wildman–Crippen MR) is 71.2 cm³/mol. The first-order chi connectivity index (χ1) is 8.78. The largest absolute Gasteiger partial charge is 0.375 e. The van der Waals surface area contributed by atoms with Gasteiger partial charge in [0, 0.05) is 6.61 Å². The first-order valence-electron chi connectivity index (χ1n) is 7.24. The van der Waals surface area contributed by atoms with Crippen LogP contribution in [0.4, 0.5) is 0 Å². The molecule has 1 aromatic carbocycles. The van der Waals surface area contributed by atoms with Gasteiger partial charge in [0.2, 0.25) is 0 Å². The van der Waals surface area contributed by atoms with E-state index in [1.165, 1.54) is 24.8 Å². The molecule has 1 nitrogen and oxygen atoms in total. The normalized spacial score (nSPS) is 41.9. The molecule has 2 aliphatic carbocycles. The van der Waals surface area contributed by atoms with Crippen LogP contribution in [0.3, 0.4) is 0 Å². The summed E-state index contributed by atoms with van der Waals surface area (Å²) in [6.45, 7) is 3.29. The molecule has 94 valence electrons. The summed E-state index contributed by atoms with van der Waals surface area (Å²) in [6.07, 6.45) is 7.48. The molecule has 2 radical (unpaired) electrons. The van der Waals surface area contributed by atoms with E-state index in [-0.39, 0.29) is 5.60 Å². The van der Waals surface area contributed by atoms with Gasteiger partial charge in [0.05, 0.1) is 5.60 Å². The van der Waals surface area contributed by atoms with Gasteiger partial charge < -0.3 is 4.74 Å². The summed E-state index contributed by atoms with van der Waals surface area (Å²) >= 11 is 0. The molecule has 18 heavy (non-hydrogen) atoms. The van der Waals surface area contributed by atoms with Gasteiger partial charge in [-0.05, 0) is 74.0 Å². The van der Waals surface area contributed by atoms with Gasteiger partial charge in [0.1, 0.15) is 0 Å². The molecule has 1 heteroatoms. The van der Waals surface area contributed by atoms with E-state index in [9.17, 15) is 0 Å². The van der Waals surface area contributed by atoms with Gasteiger partial charge >= 0.3 is 0 Å². The Hall–Kier alpha value is -0.820. The maximum Gasteiger partial charge on any atom is 0.0689 e. The smallest absolute Gasteiger partial charge is 0.0689 e. The fraction of sp³-hybridized carbons (Fsp3) is 0.588. The number of fused-ring (bicyclic) bond motifs is 5. The molecule has 1 heterocycles. The lowest BCUT2D eigenvalue weighted by Crippen LogP contribution is -2.45. The van der Waals surface area contributed by atoms with Crippen LogP contribution < -0.4 is 0 Å². The van der Waals surface area contributed by atoms with Gasteiger partial charge in [0.15, 0.2) is 0 Å². The topological polar surface area (TPSA) is 9.23 Å². The van der Waals surface area contributed by atoms with Gasteiger partial charge in [-0.3, -0.25) is 0 Å². The van der Waals surface area contributed by atoms with Crippen LogP contribution in [0, 0.1) is 24.3 Å². The van der Waals surface area contributed by atoms with Crippen LogP contribution in [0.5, 0.6) is 0 Å². The lowest BCUT2D eigenvalue weighted by atomic mass is 9.59. The molecule has 0 N–H and O–H groups in total. The Kier molecular flexibility index (Phi) is 2.35. The quantitative estimate of drug-likeness (QED) is 0.674. The molecule has 1 aromatic rings. The van der Waals surface area contributed by atoms with Crippen molar-refractivity contribution in [3.63, 3.8) is 0 Å². The minimum Gasteiger partial charge on any atom is -0.375 e. The zero-order valence-electron chi connectivity index (χ0n) is 11.0. The molecule has 0 unspecified atom stereocenters. The third-order valence-corrected chi connectivity index (χ3v) is 5.49. The third-order valence-electron chi connectivity index (χ3n) is 5.49. The maximum atomic E-state index is 6.04. The van der Waals surface area contributed by atoms with Crippen LogP contribution in [0.1, 0.15) is 43.2 Å². The Balaban J connectivity index is 1.73. The van der Waals surface area contributed by atoms with Crippen molar-refractivity contribution in [1.29, 1.82) is 0 Å². The summed E-state index contributed by atoms with van der Waals surface area (Å²) in [5.74, 6) is 2.24. The monoisotopic (exact) mass is 240 g/mol. The molecule has 2 fully saturated rings. The van der Waals surface area contributed by atoms with Crippen LogP contribution in [0.2, 0.25) is 0 Å². The van der Waals surface area contributed by atoms with E-state index in [1.54, 1.807) is 5.56 Å². The van der Waals surface area contributed by atoms with E-state index in [1.807, 2.05) is 0 Å². The van der Waals surface area contributed by atoms with E-state index < -0.39 is 0 Å². The van der Waals surface area contributed by atoms with Crippen LogP contribution in [-0.2, 0) is 11.2 Å². The zero-order valence-corrected chi connectivity index (χ0v) is 11.0. The first kappa shape index (κ1) is 11.0. The average Bonchev–Trinajstić information content (AvgIpc) is 2.80. The minimum absolute atomic E-state index is 0.138. The minimum atomic E-state index is 0.138. The first-order valence-corrected chi connectivity index (χ1v) is 7.24. The van der Waals surface area contributed by atoms with Crippen molar-refractivity contribution in [3.8, 4) is 0 Å². The summed E-state index contributed by atoms with van der Waals surface area (Å²) < 4.78 is 6.04. The number of ether oxygens (including phenoxy) is 1. The summed E-state index contributed by atoms with van der Waals surface area (Å²) in [5.41, 5.74) is 3.23. The van der Waals surface area contributed by atoms with Crippen molar-refractivity contribution >= 4 is 0 Å². The average molecular weight is 240 g/mol. The second-order valence-corrected chi connectivity index (χ2v) is 6.35. The van der Waals surface area contributed by atoms with Crippen LogP contribution in [-0.4, -0.2) is 12.2 Å². The molecular formula is C17H20O. The highest BCUT2D eigenvalue weighted by molar-refractivity contribution is 5.36. The molecular weight excluding hydrogens is 220 g/mol. The molecule has 1 saturated heterocycles. The van der Waals surface area contributed by atoms with Crippen LogP contribution in [0.25, 0.3) is 0 Å². The fourth-order valence-electron chi connectivity index (χ4n) is 4.57. The highest BCUT2D eigenvalue weighted by atomic mass is 16.5. The highest BCUT2D eigenvalue weighted by Crippen LogP contribution is 2.55. The summed E-state index contributed by atoms with van der Waals surface area (Å²) in [4.78, 5) is 0. The maximum absolute atomic E-state index is 6.04. The number of benzene rings is 1. The predicted octanol–water partition coefficient (Wildman–Crippen LogP) is 3.54. The summed E-state index contributed by atoms with van der Waals surface area (Å²) in [6, 6.07) is 9.79. The fourth-order valence-corrected chi connectivity index (χ4v) is 4.57. The van der Waals surface area contributed by atoms with Crippen LogP contribution in [0.15, 0.2) is 18.2 Å². The van der Waals surface area contributed by atoms with Crippen molar-refractivity contribution < 1.29 is 4.74 Å². The molecule has 0 spiro atoms. The Morgan fingerprint density at radius 3 is 3.28 bits per heavy atom. The summed E-state index contributed by atoms with van der Waals surface area (Å²) in [7, 11) is 0. The molecule has 4 atom stereocenters. The lowest BCUT2D eigenvalue weighted by molar-refractivity contribution is -0.0410. The van der Waals surface area contributed by atoms with E-state index in [4.69, 9.17) is 4.74 Å².